The first-order chi connectivity index (χ1) is 9.43. The fraction of sp³-hybridized carbons (Fsp3) is 0.333. The third-order valence-corrected chi connectivity index (χ3v) is 3.45. The van der Waals surface area contributed by atoms with Crippen molar-refractivity contribution < 1.29 is 23.8 Å². The number of urea groups is 1. The van der Waals surface area contributed by atoms with Crippen molar-refractivity contribution in [2.45, 2.75) is 12.0 Å². The number of aliphatic carboxylic acids is 1. The Labute approximate surface area is 122 Å². The molecule has 20 heavy (non-hydrogen) atoms. The van der Waals surface area contributed by atoms with Gasteiger partial charge in [0.2, 0.25) is 0 Å². The molecular weight excluding hydrogens is 335 g/mol. The van der Waals surface area contributed by atoms with E-state index in [0.29, 0.717) is 4.47 Å². The maximum atomic E-state index is 13.5. The Bertz CT molecular complexity index is 546. The second kappa shape index (κ2) is 5.76. The first-order valence-corrected chi connectivity index (χ1v) is 6.58. The Morgan fingerprint density at radius 1 is 1.45 bits per heavy atom. The van der Waals surface area contributed by atoms with Gasteiger partial charge in [0, 0.05) is 17.5 Å². The van der Waals surface area contributed by atoms with Crippen LogP contribution < -0.4 is 10.6 Å². The molecule has 8 heteroatoms. The minimum atomic E-state index is -1.47. The highest BCUT2D eigenvalue weighted by Crippen LogP contribution is 2.22. The van der Waals surface area contributed by atoms with Gasteiger partial charge in [0.15, 0.2) is 5.54 Å². The van der Waals surface area contributed by atoms with Crippen LogP contribution in [0.4, 0.5) is 14.9 Å². The zero-order chi connectivity index (χ0) is 14.8. The summed E-state index contributed by atoms with van der Waals surface area (Å²) in [7, 11) is 0. The number of amides is 2. The molecule has 1 aromatic carbocycles. The topological polar surface area (TPSA) is 87.7 Å². The summed E-state index contributed by atoms with van der Waals surface area (Å²) >= 11 is 3.16. The summed E-state index contributed by atoms with van der Waals surface area (Å²) < 4.78 is 19.1. The summed E-state index contributed by atoms with van der Waals surface area (Å²) in [5, 5.41) is 13.8. The van der Waals surface area contributed by atoms with Crippen molar-refractivity contribution in [1.82, 2.24) is 5.32 Å². The minimum absolute atomic E-state index is 0.0451. The maximum Gasteiger partial charge on any atom is 0.332 e. The van der Waals surface area contributed by atoms with E-state index in [1.165, 1.54) is 18.2 Å². The largest absolute Gasteiger partial charge is 0.479 e. The van der Waals surface area contributed by atoms with E-state index < -0.39 is 23.4 Å². The molecule has 0 aromatic heterocycles. The standard InChI is InChI=1S/C12H12BrFN2O4/c13-7-1-2-8(14)9(5-7)15-11(19)16-12(10(17)18)3-4-20-6-12/h1-2,5H,3-4,6H2,(H,17,18)(H2,15,16,19). The predicted molar refractivity (Wildman–Crippen MR) is 72.1 cm³/mol. The molecule has 1 fully saturated rings. The summed E-state index contributed by atoms with van der Waals surface area (Å²) in [6.07, 6.45) is 0.163. The lowest BCUT2D eigenvalue weighted by Gasteiger charge is -2.23. The molecule has 108 valence electrons. The molecule has 0 radical (unpaired) electrons. The van der Waals surface area contributed by atoms with E-state index in [1.54, 1.807) is 0 Å². The van der Waals surface area contributed by atoms with Crippen molar-refractivity contribution in [1.29, 1.82) is 0 Å². The number of hydrogen-bond donors (Lipinski definition) is 3. The van der Waals surface area contributed by atoms with E-state index in [-0.39, 0.29) is 25.3 Å². The van der Waals surface area contributed by atoms with Crippen LogP contribution in [0.1, 0.15) is 6.42 Å². The van der Waals surface area contributed by atoms with Crippen molar-refractivity contribution in [3.8, 4) is 0 Å². The second-order valence-corrected chi connectivity index (χ2v) is 5.31. The summed E-state index contributed by atoms with van der Waals surface area (Å²) in [6, 6.07) is 3.26. The first kappa shape index (κ1) is 14.7. The van der Waals surface area contributed by atoms with Crippen LogP contribution in [0.2, 0.25) is 0 Å². The van der Waals surface area contributed by atoms with E-state index in [0.717, 1.165) is 0 Å². The Balaban J connectivity index is 2.08. The molecule has 2 amide bonds. The molecule has 2 rings (SSSR count). The van der Waals surface area contributed by atoms with Gasteiger partial charge in [0.25, 0.3) is 0 Å². The number of anilines is 1. The van der Waals surface area contributed by atoms with E-state index in [2.05, 4.69) is 26.6 Å². The van der Waals surface area contributed by atoms with E-state index in [1.807, 2.05) is 0 Å². The first-order valence-electron chi connectivity index (χ1n) is 5.78. The highest BCUT2D eigenvalue weighted by atomic mass is 79.9. The summed E-state index contributed by atoms with van der Waals surface area (Å²) in [6.45, 7) is 0.133. The van der Waals surface area contributed by atoms with Crippen molar-refractivity contribution in [3.63, 3.8) is 0 Å². The third kappa shape index (κ3) is 3.07. The number of halogens is 2. The number of carboxylic acids is 1. The van der Waals surface area contributed by atoms with Gasteiger partial charge in [-0.15, -0.1) is 0 Å². The van der Waals surface area contributed by atoms with Gasteiger partial charge in [0.1, 0.15) is 5.82 Å². The van der Waals surface area contributed by atoms with Gasteiger partial charge in [-0.25, -0.2) is 14.0 Å². The third-order valence-electron chi connectivity index (χ3n) is 2.96. The zero-order valence-corrected chi connectivity index (χ0v) is 11.9. The smallest absolute Gasteiger partial charge is 0.332 e. The fourth-order valence-corrected chi connectivity index (χ4v) is 2.21. The molecule has 0 bridgehead atoms. The molecule has 0 saturated carbocycles. The normalized spacial score (nSPS) is 21.5. The molecule has 1 unspecified atom stereocenters. The molecule has 1 atom stereocenters. The molecule has 1 aliphatic heterocycles. The summed E-state index contributed by atoms with van der Waals surface area (Å²) in [5.74, 6) is -1.80. The minimum Gasteiger partial charge on any atom is -0.479 e. The molecule has 6 nitrogen and oxygen atoms in total. The van der Waals surface area contributed by atoms with Crippen LogP contribution in [0.5, 0.6) is 0 Å². The molecular formula is C12H12BrFN2O4. The Hall–Kier alpha value is -1.67. The van der Waals surface area contributed by atoms with Crippen LogP contribution in [-0.2, 0) is 9.53 Å². The van der Waals surface area contributed by atoms with Gasteiger partial charge < -0.3 is 20.5 Å². The van der Waals surface area contributed by atoms with E-state index >= 15 is 0 Å². The Kier molecular flexibility index (Phi) is 4.24. The summed E-state index contributed by atoms with van der Waals surface area (Å²) in [4.78, 5) is 23.0. The highest BCUT2D eigenvalue weighted by molar-refractivity contribution is 9.10. The number of carbonyl (C=O) groups excluding carboxylic acids is 1. The van der Waals surface area contributed by atoms with Crippen LogP contribution in [0.3, 0.4) is 0 Å². The molecule has 0 aliphatic carbocycles. The molecule has 1 aliphatic rings. The molecule has 1 heterocycles. The van der Waals surface area contributed by atoms with Crippen molar-refractivity contribution in [2.75, 3.05) is 18.5 Å². The SMILES string of the molecule is O=C(Nc1cc(Br)ccc1F)NC1(C(=O)O)CCOC1. The molecule has 1 saturated heterocycles. The number of carbonyl (C=O) groups is 2. The predicted octanol–water partition coefficient (Wildman–Crippen LogP) is 1.95. The fourth-order valence-electron chi connectivity index (χ4n) is 1.85. The van der Waals surface area contributed by atoms with Crippen LogP contribution in [0.25, 0.3) is 0 Å². The lowest BCUT2D eigenvalue weighted by atomic mass is 9.99. The Morgan fingerprint density at radius 2 is 2.20 bits per heavy atom. The van der Waals surface area contributed by atoms with Gasteiger partial charge in [-0.1, -0.05) is 15.9 Å². The lowest BCUT2D eigenvalue weighted by molar-refractivity contribution is -0.144. The van der Waals surface area contributed by atoms with Crippen LogP contribution in [-0.4, -0.2) is 35.9 Å². The number of rotatable bonds is 3. The van der Waals surface area contributed by atoms with Gasteiger partial charge in [0.05, 0.1) is 12.3 Å². The van der Waals surface area contributed by atoms with Crippen molar-refractivity contribution >= 4 is 33.6 Å². The quantitative estimate of drug-likeness (QED) is 0.780. The van der Waals surface area contributed by atoms with Gasteiger partial charge in [-0.05, 0) is 18.2 Å². The molecule has 1 aromatic rings. The average Bonchev–Trinajstić information content (AvgIpc) is 2.83. The monoisotopic (exact) mass is 346 g/mol. The molecule has 3 N–H and O–H groups in total. The highest BCUT2D eigenvalue weighted by Gasteiger charge is 2.44. The summed E-state index contributed by atoms with van der Waals surface area (Å²) in [5.41, 5.74) is -1.51. The van der Waals surface area contributed by atoms with Crippen LogP contribution in [0, 0.1) is 5.82 Å². The van der Waals surface area contributed by atoms with Crippen molar-refractivity contribution in [3.05, 3.63) is 28.5 Å². The lowest BCUT2D eigenvalue weighted by Crippen LogP contribution is -2.56. The number of nitrogens with one attached hydrogen (secondary N) is 2. The Morgan fingerprint density at radius 3 is 2.80 bits per heavy atom. The van der Waals surface area contributed by atoms with Crippen LogP contribution in [0.15, 0.2) is 22.7 Å². The zero-order valence-electron chi connectivity index (χ0n) is 10.3. The van der Waals surface area contributed by atoms with Gasteiger partial charge in [-0.3, -0.25) is 0 Å². The van der Waals surface area contributed by atoms with Crippen molar-refractivity contribution in [2.24, 2.45) is 0 Å². The average molecular weight is 347 g/mol. The van der Waals surface area contributed by atoms with Gasteiger partial charge >= 0.3 is 12.0 Å². The number of benzene rings is 1. The second-order valence-electron chi connectivity index (χ2n) is 4.39. The maximum absolute atomic E-state index is 13.5. The number of hydrogen-bond acceptors (Lipinski definition) is 3. The number of ether oxygens (including phenoxy) is 1. The molecule has 0 spiro atoms. The number of carboxylic acid groups (broad SMARTS) is 1. The van der Waals surface area contributed by atoms with E-state index in [4.69, 9.17) is 4.74 Å². The van der Waals surface area contributed by atoms with E-state index in [9.17, 15) is 19.1 Å². The van der Waals surface area contributed by atoms with Crippen LogP contribution >= 0.6 is 15.9 Å². The van der Waals surface area contributed by atoms with Gasteiger partial charge in [-0.2, -0.15) is 0 Å².